The first kappa shape index (κ1) is 48.2. The molecule has 0 bridgehead atoms. The molecular formula is C44H53Cl2F2N3O7. The Morgan fingerprint density at radius 3 is 1.57 bits per heavy atom. The van der Waals surface area contributed by atoms with Crippen LogP contribution < -0.4 is 9.47 Å². The summed E-state index contributed by atoms with van der Waals surface area (Å²) < 4.78 is 60.4. The molecule has 2 heterocycles. The zero-order valence-electron chi connectivity index (χ0n) is 34.3. The molecule has 0 amide bonds. The normalized spacial score (nSPS) is 13.3. The predicted octanol–water partition coefficient (Wildman–Crippen LogP) is 9.62. The van der Waals surface area contributed by atoms with Crippen LogP contribution in [0, 0.1) is 46.6 Å². The minimum Gasteiger partial charge on any atom is -0.496 e. The Morgan fingerprint density at radius 2 is 1.16 bits per heavy atom. The van der Waals surface area contributed by atoms with Gasteiger partial charge < -0.3 is 33.2 Å². The second-order valence-electron chi connectivity index (χ2n) is 14.3. The van der Waals surface area contributed by atoms with Crippen molar-refractivity contribution in [1.82, 2.24) is 9.97 Å². The van der Waals surface area contributed by atoms with E-state index in [0.29, 0.717) is 58.4 Å². The number of nitriles is 1. The first-order chi connectivity index (χ1) is 27.8. The van der Waals surface area contributed by atoms with E-state index in [-0.39, 0.29) is 60.1 Å². The number of halogens is 4. The third kappa shape index (κ3) is 13.4. The van der Waals surface area contributed by atoms with Gasteiger partial charge in [-0.05, 0) is 41.0 Å². The Morgan fingerprint density at radius 1 is 0.707 bits per heavy atom. The quantitative estimate of drug-likeness (QED) is 0.0455. The van der Waals surface area contributed by atoms with E-state index in [9.17, 15) is 18.8 Å². The topological polar surface area (TPSA) is 122 Å². The van der Waals surface area contributed by atoms with Crippen molar-refractivity contribution in [2.24, 2.45) is 23.7 Å². The van der Waals surface area contributed by atoms with Gasteiger partial charge in [0.05, 0.1) is 66.8 Å². The summed E-state index contributed by atoms with van der Waals surface area (Å²) in [5.41, 5.74) is 3.51. The molecule has 0 aliphatic carbocycles. The molecule has 0 aliphatic rings. The summed E-state index contributed by atoms with van der Waals surface area (Å²) in [5, 5.41) is 9.96. The van der Waals surface area contributed by atoms with Gasteiger partial charge in [-0.15, -0.1) is 0 Å². The van der Waals surface area contributed by atoms with Gasteiger partial charge in [0.1, 0.15) is 43.0 Å². The van der Waals surface area contributed by atoms with Crippen molar-refractivity contribution in [3.63, 3.8) is 0 Å². The van der Waals surface area contributed by atoms with Crippen molar-refractivity contribution in [2.75, 3.05) is 55.2 Å². The number of methoxy groups -OCH3 is 4. The van der Waals surface area contributed by atoms with Crippen LogP contribution in [0.15, 0.2) is 60.9 Å². The molecule has 4 aromatic rings. The van der Waals surface area contributed by atoms with Crippen LogP contribution in [-0.4, -0.2) is 71.5 Å². The van der Waals surface area contributed by atoms with Crippen LogP contribution >= 0.6 is 23.2 Å². The van der Waals surface area contributed by atoms with Crippen molar-refractivity contribution in [2.45, 2.75) is 52.4 Å². The van der Waals surface area contributed by atoms with Crippen molar-refractivity contribution in [3.8, 4) is 17.6 Å². The summed E-state index contributed by atoms with van der Waals surface area (Å²) in [6.07, 6.45) is 4.70. The number of aromatic nitrogens is 2. The molecular weight excluding hydrogens is 791 g/mol. The number of carbonyl (C=O) groups excluding carboxylic acids is 1. The smallest absolute Gasteiger partial charge is 0.146 e. The Balaban J connectivity index is 0.000000310. The maximum atomic E-state index is 14.3. The van der Waals surface area contributed by atoms with Gasteiger partial charge in [0.2, 0.25) is 0 Å². The van der Waals surface area contributed by atoms with Crippen molar-refractivity contribution >= 4 is 29.5 Å². The largest absolute Gasteiger partial charge is 0.496 e. The van der Waals surface area contributed by atoms with E-state index < -0.39 is 23.5 Å². The van der Waals surface area contributed by atoms with Crippen LogP contribution in [0.25, 0.3) is 0 Å². The summed E-state index contributed by atoms with van der Waals surface area (Å²) in [6.45, 7) is 9.22. The Labute approximate surface area is 350 Å². The maximum Gasteiger partial charge on any atom is 0.146 e. The highest BCUT2D eigenvalue weighted by molar-refractivity contribution is 6.31. The molecule has 4 atom stereocenters. The third-order valence-corrected chi connectivity index (χ3v) is 10.3. The average Bonchev–Trinajstić information content (AvgIpc) is 3.21. The molecule has 58 heavy (non-hydrogen) atoms. The van der Waals surface area contributed by atoms with Crippen LogP contribution in [0.3, 0.4) is 0 Å². The lowest BCUT2D eigenvalue weighted by Crippen LogP contribution is -2.26. The molecule has 314 valence electrons. The number of hydrogen-bond donors (Lipinski definition) is 0. The fraction of sp³-hybridized carbons (Fsp3) is 0.455. The minimum absolute atomic E-state index is 0.0661. The molecule has 14 heteroatoms. The van der Waals surface area contributed by atoms with E-state index in [0.717, 1.165) is 6.29 Å². The van der Waals surface area contributed by atoms with Crippen LogP contribution in [0.2, 0.25) is 10.0 Å². The minimum atomic E-state index is -0.474. The van der Waals surface area contributed by atoms with E-state index in [1.807, 2.05) is 27.7 Å². The Bertz CT molecular complexity index is 1950. The molecule has 0 radical (unpaired) electrons. The van der Waals surface area contributed by atoms with E-state index in [1.165, 1.54) is 19.2 Å². The first-order valence-electron chi connectivity index (χ1n) is 18.7. The highest BCUT2D eigenvalue weighted by Crippen LogP contribution is 2.34. The predicted molar refractivity (Wildman–Crippen MR) is 219 cm³/mol. The third-order valence-electron chi connectivity index (χ3n) is 9.77. The SMILES string of the molecule is COCOC[C@H](C(C)C)C(C#N)c1cc(OC)c(Cc2cccc(Cl)c2F)cn1.COCOC[C@H](C(C)C)C(C=O)c1cc(OC)c(Cc2cccc(Cl)c2F)cn1. The number of benzene rings is 2. The summed E-state index contributed by atoms with van der Waals surface area (Å²) in [4.78, 5) is 20.9. The van der Waals surface area contributed by atoms with Crippen LogP contribution in [0.1, 0.15) is 73.2 Å². The number of pyridine rings is 2. The zero-order valence-corrected chi connectivity index (χ0v) is 35.8. The van der Waals surface area contributed by atoms with Crippen molar-refractivity contribution < 1.29 is 42.0 Å². The standard InChI is InChI=1S/C22H26ClFN2O3.C22H27ClFNO4/c1-14(2)18(12-29-13-27-3)17(10-25)20-9-21(28-4)16(11-26-20)8-15-6-5-7-19(23)22(15)24;1-14(2)18(12-29-13-27-3)17(11-26)20-9-21(28-4)16(10-25-20)8-15-6-5-7-19(23)22(15)24/h5-7,9,11,14,17-18H,8,12-13H2,1-4H3;5-7,9-11,14,17-18H,8,12-13H2,1-4H3/t2*17?,18-/m11/s1. The van der Waals surface area contributed by atoms with Crippen molar-refractivity contribution in [3.05, 3.63) is 116 Å². The lowest BCUT2D eigenvalue weighted by molar-refractivity contribution is -0.112. The first-order valence-corrected chi connectivity index (χ1v) is 19.5. The van der Waals surface area contributed by atoms with Gasteiger partial charge in [-0.2, -0.15) is 5.26 Å². The molecule has 0 spiro atoms. The Hall–Kier alpha value is -4.22. The molecule has 0 N–H and O–H groups in total. The highest BCUT2D eigenvalue weighted by atomic mass is 35.5. The van der Waals surface area contributed by atoms with E-state index in [2.05, 4.69) is 16.0 Å². The zero-order chi connectivity index (χ0) is 42.8. The van der Waals surface area contributed by atoms with Gasteiger partial charge in [0, 0.05) is 68.6 Å². The van der Waals surface area contributed by atoms with Gasteiger partial charge in [0.25, 0.3) is 0 Å². The van der Waals surface area contributed by atoms with Crippen molar-refractivity contribution in [1.29, 1.82) is 5.26 Å². The summed E-state index contributed by atoms with van der Waals surface area (Å²) in [7, 11) is 6.18. The van der Waals surface area contributed by atoms with Crippen LogP contribution in [0.4, 0.5) is 8.78 Å². The van der Waals surface area contributed by atoms with Gasteiger partial charge in [-0.25, -0.2) is 8.78 Å². The fourth-order valence-corrected chi connectivity index (χ4v) is 6.82. The van der Waals surface area contributed by atoms with E-state index in [4.69, 9.17) is 51.6 Å². The number of hydrogen-bond acceptors (Lipinski definition) is 10. The average molecular weight is 845 g/mol. The molecule has 0 saturated heterocycles. The molecule has 2 aromatic carbocycles. The maximum absolute atomic E-state index is 14.3. The fourth-order valence-electron chi connectivity index (χ4n) is 6.43. The summed E-state index contributed by atoms with van der Waals surface area (Å²) in [5.74, 6) is -0.502. The number of rotatable bonds is 21. The molecule has 0 fully saturated rings. The summed E-state index contributed by atoms with van der Waals surface area (Å²) >= 11 is 11.8. The van der Waals surface area contributed by atoms with Gasteiger partial charge in [-0.1, -0.05) is 75.2 Å². The monoisotopic (exact) mass is 843 g/mol. The lowest BCUT2D eigenvalue weighted by Gasteiger charge is -2.26. The van der Waals surface area contributed by atoms with E-state index in [1.54, 1.807) is 70.1 Å². The molecule has 2 aromatic heterocycles. The van der Waals surface area contributed by atoms with Crippen LogP contribution in [0.5, 0.6) is 11.5 Å². The summed E-state index contributed by atoms with van der Waals surface area (Å²) in [6, 6.07) is 15.6. The number of nitrogens with zero attached hydrogens (tertiary/aromatic N) is 3. The molecule has 4 rings (SSSR count). The molecule has 0 saturated carbocycles. The second-order valence-corrected chi connectivity index (χ2v) is 15.1. The van der Waals surface area contributed by atoms with Crippen LogP contribution in [-0.2, 0) is 36.6 Å². The lowest BCUT2D eigenvalue weighted by atomic mass is 9.82. The number of ether oxygens (including phenoxy) is 6. The Kier molecular flexibility index (Phi) is 20.5. The van der Waals surface area contributed by atoms with Gasteiger partial charge >= 0.3 is 0 Å². The van der Waals surface area contributed by atoms with Gasteiger partial charge in [0.15, 0.2) is 0 Å². The number of aldehydes is 1. The second kappa shape index (κ2) is 24.6. The molecule has 10 nitrogen and oxygen atoms in total. The molecule has 2 unspecified atom stereocenters. The number of carbonyl (C=O) groups is 1. The highest BCUT2D eigenvalue weighted by Gasteiger charge is 2.30. The molecule has 0 aliphatic heterocycles. The van der Waals surface area contributed by atoms with E-state index >= 15 is 0 Å². The van der Waals surface area contributed by atoms with Gasteiger partial charge in [-0.3, -0.25) is 9.97 Å².